The van der Waals surface area contributed by atoms with E-state index in [4.69, 9.17) is 4.98 Å². The van der Waals surface area contributed by atoms with E-state index in [0.717, 1.165) is 33.2 Å². The summed E-state index contributed by atoms with van der Waals surface area (Å²) in [6.07, 6.45) is 5.26. The van der Waals surface area contributed by atoms with Crippen LogP contribution in [0.25, 0.3) is 21.9 Å². The first-order chi connectivity index (χ1) is 18.9. The van der Waals surface area contributed by atoms with E-state index in [1.807, 2.05) is 64.3 Å². The van der Waals surface area contributed by atoms with Crippen molar-refractivity contribution in [1.82, 2.24) is 28.2 Å². The van der Waals surface area contributed by atoms with Crippen LogP contribution < -0.4 is 5.32 Å². The van der Waals surface area contributed by atoms with Crippen LogP contribution in [0.4, 0.5) is 4.39 Å². The van der Waals surface area contributed by atoms with Crippen LogP contribution in [0.15, 0.2) is 77.2 Å². The molecule has 4 heterocycles. The first kappa shape index (κ1) is 25.8. The van der Waals surface area contributed by atoms with E-state index in [-0.39, 0.29) is 12.1 Å². The quantitative estimate of drug-likeness (QED) is 0.354. The number of imidazole rings is 1. The summed E-state index contributed by atoms with van der Waals surface area (Å²) in [6.45, 7) is 2.07. The molecular weight excluding hydrogens is 537 g/mol. The van der Waals surface area contributed by atoms with Gasteiger partial charge in [-0.25, -0.2) is 9.37 Å². The fourth-order valence-corrected chi connectivity index (χ4v) is 7.23. The number of hydrogen-bond acceptors (Lipinski definition) is 7. The summed E-state index contributed by atoms with van der Waals surface area (Å²) in [5.41, 5.74) is 4.34. The molecule has 2 aliphatic heterocycles. The van der Waals surface area contributed by atoms with Gasteiger partial charge in [0.15, 0.2) is 11.3 Å². The Morgan fingerprint density at radius 3 is 2.64 bits per heavy atom. The van der Waals surface area contributed by atoms with Crippen LogP contribution in [0.3, 0.4) is 0 Å². The average molecular weight is 566 g/mol. The molecule has 39 heavy (non-hydrogen) atoms. The van der Waals surface area contributed by atoms with Crippen LogP contribution in [0, 0.1) is 5.82 Å². The molecule has 0 bridgehead atoms. The van der Waals surface area contributed by atoms with Gasteiger partial charge in [-0.05, 0) is 35.9 Å². The standard InChI is InChI=1S/C27H28FN7O2S2/c1-32-23(25-24(21-7-9-22(28)10-8-21)31-27-35(25)17-18-38-27)11-12-29-26(32)30-13-14-33-15-16-34(39(33,36)37)19-20-5-3-2-4-6-20/h2-12,17-18,26,30H,13-16,19H2,1H3. The van der Waals surface area contributed by atoms with Gasteiger partial charge in [0, 0.05) is 63.1 Å². The lowest BCUT2D eigenvalue weighted by molar-refractivity contribution is 0.289. The summed E-state index contributed by atoms with van der Waals surface area (Å²) in [5, 5.41) is 5.36. The Balaban J connectivity index is 1.14. The Kier molecular flexibility index (Phi) is 7.04. The molecule has 0 aliphatic carbocycles. The molecule has 1 fully saturated rings. The molecule has 1 N–H and O–H groups in total. The van der Waals surface area contributed by atoms with Crippen LogP contribution in [-0.2, 0) is 16.8 Å². The zero-order valence-corrected chi connectivity index (χ0v) is 22.9. The maximum atomic E-state index is 13.6. The minimum absolute atomic E-state index is 0.296. The molecule has 6 rings (SSSR count). The maximum absolute atomic E-state index is 13.6. The fraction of sp³-hybridized carbons (Fsp3) is 0.259. The third-order valence-electron chi connectivity index (χ3n) is 6.97. The molecule has 0 radical (unpaired) electrons. The number of benzene rings is 2. The van der Waals surface area contributed by atoms with Crippen molar-refractivity contribution in [2.24, 2.45) is 4.99 Å². The number of aromatic nitrogens is 2. The van der Waals surface area contributed by atoms with E-state index >= 15 is 0 Å². The number of halogens is 1. The number of fused-ring (bicyclic) bond motifs is 1. The van der Waals surface area contributed by atoms with Crippen molar-refractivity contribution in [3.05, 3.63) is 89.3 Å². The van der Waals surface area contributed by atoms with Crippen molar-refractivity contribution < 1.29 is 12.8 Å². The number of hydrogen-bond donors (Lipinski definition) is 1. The van der Waals surface area contributed by atoms with Crippen molar-refractivity contribution in [1.29, 1.82) is 0 Å². The summed E-state index contributed by atoms with van der Waals surface area (Å²) >= 11 is 1.53. The number of thiazole rings is 1. The first-order valence-corrected chi connectivity index (χ1v) is 14.9. The predicted octanol–water partition coefficient (Wildman–Crippen LogP) is 3.49. The average Bonchev–Trinajstić information content (AvgIpc) is 3.60. The van der Waals surface area contributed by atoms with E-state index in [1.54, 1.807) is 18.3 Å². The third kappa shape index (κ3) is 5.01. The Bertz CT molecular complexity index is 1630. The van der Waals surface area contributed by atoms with Gasteiger partial charge in [-0.1, -0.05) is 30.3 Å². The van der Waals surface area contributed by atoms with Gasteiger partial charge in [0.2, 0.25) is 0 Å². The molecule has 1 atom stereocenters. The first-order valence-electron chi connectivity index (χ1n) is 12.6. The van der Waals surface area contributed by atoms with Crippen LogP contribution in [0.2, 0.25) is 0 Å². The second kappa shape index (κ2) is 10.6. The van der Waals surface area contributed by atoms with Crippen LogP contribution in [-0.4, -0.2) is 77.0 Å². The Labute approximate surface area is 230 Å². The Hall–Kier alpha value is -3.42. The highest BCUT2D eigenvalue weighted by Crippen LogP contribution is 2.34. The van der Waals surface area contributed by atoms with Gasteiger partial charge >= 0.3 is 0 Å². The predicted molar refractivity (Wildman–Crippen MR) is 152 cm³/mol. The van der Waals surface area contributed by atoms with E-state index in [0.29, 0.717) is 32.7 Å². The molecule has 0 amide bonds. The van der Waals surface area contributed by atoms with Gasteiger partial charge in [0.25, 0.3) is 10.2 Å². The lowest BCUT2D eigenvalue weighted by atomic mass is 10.1. The largest absolute Gasteiger partial charge is 0.339 e. The van der Waals surface area contributed by atoms with Crippen molar-refractivity contribution in [3.8, 4) is 11.3 Å². The molecule has 2 aliphatic rings. The number of nitrogens with one attached hydrogen (secondary N) is 1. The van der Waals surface area contributed by atoms with Gasteiger partial charge in [0.1, 0.15) is 5.82 Å². The highest BCUT2D eigenvalue weighted by Gasteiger charge is 2.36. The highest BCUT2D eigenvalue weighted by molar-refractivity contribution is 7.87. The molecule has 12 heteroatoms. The second-order valence-electron chi connectivity index (χ2n) is 9.39. The minimum atomic E-state index is -3.52. The fourth-order valence-electron chi connectivity index (χ4n) is 4.93. The van der Waals surface area contributed by atoms with Crippen molar-refractivity contribution in [2.75, 3.05) is 33.2 Å². The summed E-state index contributed by atoms with van der Waals surface area (Å²) in [6, 6.07) is 16.0. The molecular formula is C27H28FN7O2S2. The number of allylic oxidation sites excluding steroid dienone is 1. The molecule has 1 saturated heterocycles. The van der Waals surface area contributed by atoms with Gasteiger partial charge in [-0.15, -0.1) is 11.3 Å². The van der Waals surface area contributed by atoms with E-state index in [2.05, 4.69) is 10.3 Å². The number of rotatable bonds is 8. The topological polar surface area (TPSA) is 85.6 Å². The smallest absolute Gasteiger partial charge is 0.282 e. The number of nitrogens with zero attached hydrogens (tertiary/aromatic N) is 6. The van der Waals surface area contributed by atoms with Gasteiger partial charge in [0.05, 0.1) is 17.1 Å². The van der Waals surface area contributed by atoms with E-state index in [9.17, 15) is 12.8 Å². The molecule has 0 spiro atoms. The maximum Gasteiger partial charge on any atom is 0.282 e. The van der Waals surface area contributed by atoms with Gasteiger partial charge in [-0.2, -0.15) is 17.0 Å². The zero-order valence-electron chi connectivity index (χ0n) is 21.3. The van der Waals surface area contributed by atoms with Crippen molar-refractivity contribution in [3.63, 3.8) is 0 Å². The zero-order chi connectivity index (χ0) is 27.0. The lowest BCUT2D eigenvalue weighted by Gasteiger charge is -2.32. The Morgan fingerprint density at radius 1 is 1.08 bits per heavy atom. The molecule has 2 aromatic carbocycles. The minimum Gasteiger partial charge on any atom is -0.339 e. The molecule has 2 aromatic heterocycles. The van der Waals surface area contributed by atoms with Crippen molar-refractivity contribution >= 4 is 38.4 Å². The van der Waals surface area contributed by atoms with Crippen LogP contribution >= 0.6 is 11.3 Å². The third-order valence-corrected chi connectivity index (χ3v) is 9.71. The van der Waals surface area contributed by atoms with E-state index in [1.165, 1.54) is 32.1 Å². The normalized spacial score (nSPS) is 19.7. The van der Waals surface area contributed by atoms with Crippen LogP contribution in [0.5, 0.6) is 0 Å². The lowest BCUT2D eigenvalue weighted by Crippen LogP contribution is -2.46. The van der Waals surface area contributed by atoms with Gasteiger partial charge < -0.3 is 4.90 Å². The second-order valence-corrected chi connectivity index (χ2v) is 12.2. The van der Waals surface area contributed by atoms with Gasteiger partial charge in [-0.3, -0.25) is 14.7 Å². The molecule has 4 aromatic rings. The summed E-state index contributed by atoms with van der Waals surface area (Å²) < 4.78 is 44.8. The van der Waals surface area contributed by atoms with E-state index < -0.39 is 10.2 Å². The summed E-state index contributed by atoms with van der Waals surface area (Å²) in [5.74, 6) is -0.296. The SMILES string of the molecule is CN1C(c2c(-c3ccc(F)cc3)nc3sccn23)=CC=NC1NCCN1CCN(Cc2ccccc2)S1(=O)=O. The summed E-state index contributed by atoms with van der Waals surface area (Å²) in [4.78, 5) is 12.3. The van der Waals surface area contributed by atoms with Crippen molar-refractivity contribution in [2.45, 2.75) is 12.8 Å². The molecule has 9 nitrogen and oxygen atoms in total. The molecule has 202 valence electrons. The Morgan fingerprint density at radius 2 is 1.85 bits per heavy atom. The number of aliphatic imine (C=N–C) groups is 1. The molecule has 1 unspecified atom stereocenters. The van der Waals surface area contributed by atoms with Crippen LogP contribution in [0.1, 0.15) is 11.3 Å². The monoisotopic (exact) mass is 565 g/mol. The highest BCUT2D eigenvalue weighted by atomic mass is 32.2. The molecule has 0 saturated carbocycles. The summed E-state index contributed by atoms with van der Waals surface area (Å²) in [7, 11) is -1.58.